The van der Waals surface area contributed by atoms with Gasteiger partial charge < -0.3 is 10.4 Å². The number of rotatable bonds is 6. The summed E-state index contributed by atoms with van der Waals surface area (Å²) in [5, 5.41) is 11.5. The molecule has 0 saturated carbocycles. The molecule has 9 heteroatoms. The van der Waals surface area contributed by atoms with Gasteiger partial charge >= 0.3 is 18.2 Å². The van der Waals surface area contributed by atoms with E-state index >= 15 is 0 Å². The second-order valence-electron chi connectivity index (χ2n) is 3.45. The van der Waals surface area contributed by atoms with Gasteiger partial charge in [0.1, 0.15) is 6.54 Å². The average molecular weight is 270 g/mol. The monoisotopic (exact) mass is 270 g/mol. The molecule has 18 heavy (non-hydrogen) atoms. The smallest absolute Gasteiger partial charge is 0.405 e. The molecule has 0 aliphatic rings. The van der Waals surface area contributed by atoms with Gasteiger partial charge in [0.15, 0.2) is 0 Å². The Morgan fingerprint density at radius 3 is 2.11 bits per heavy atom. The van der Waals surface area contributed by atoms with Gasteiger partial charge in [0, 0.05) is 12.8 Å². The number of nitrogens with one attached hydrogen (secondary N) is 2. The van der Waals surface area contributed by atoms with E-state index in [0.29, 0.717) is 0 Å². The number of imide groups is 1. The van der Waals surface area contributed by atoms with Crippen molar-refractivity contribution >= 4 is 17.9 Å². The number of hydrogen-bond donors (Lipinski definition) is 3. The molecule has 0 aromatic carbocycles. The zero-order chi connectivity index (χ0) is 14.2. The molecule has 3 N–H and O–H groups in total. The van der Waals surface area contributed by atoms with E-state index in [4.69, 9.17) is 5.11 Å². The highest BCUT2D eigenvalue weighted by molar-refractivity contribution is 5.94. The molecule has 6 nitrogen and oxygen atoms in total. The van der Waals surface area contributed by atoms with E-state index in [9.17, 15) is 27.6 Å². The first-order valence-corrected chi connectivity index (χ1v) is 5.07. The van der Waals surface area contributed by atoms with Crippen LogP contribution >= 0.6 is 0 Å². The van der Waals surface area contributed by atoms with Gasteiger partial charge in [-0.3, -0.25) is 14.9 Å². The third-order valence-electron chi connectivity index (χ3n) is 1.75. The fourth-order valence-corrected chi connectivity index (χ4v) is 0.976. The van der Waals surface area contributed by atoms with Gasteiger partial charge in [0.25, 0.3) is 0 Å². The van der Waals surface area contributed by atoms with Crippen LogP contribution in [0.2, 0.25) is 0 Å². The minimum Gasteiger partial charge on any atom is -0.481 e. The van der Waals surface area contributed by atoms with Gasteiger partial charge in [0.2, 0.25) is 5.91 Å². The van der Waals surface area contributed by atoms with Crippen LogP contribution in [0.3, 0.4) is 0 Å². The van der Waals surface area contributed by atoms with Crippen molar-refractivity contribution in [2.24, 2.45) is 0 Å². The average Bonchev–Trinajstić information content (AvgIpc) is 2.20. The van der Waals surface area contributed by atoms with Crippen molar-refractivity contribution in [1.29, 1.82) is 0 Å². The number of hydrogen-bond acceptors (Lipinski definition) is 3. The summed E-state index contributed by atoms with van der Waals surface area (Å²) in [4.78, 5) is 32.0. The molecular weight excluding hydrogens is 257 g/mol. The standard InChI is InChI=1S/C9H13F3N2O4/c10-9(11,12)5-13-8(18)14-6(15)3-1-2-4-7(16)17/h1-5H2,(H,16,17)(H2,13,14,15,18). The number of alkyl halides is 3. The summed E-state index contributed by atoms with van der Waals surface area (Å²) >= 11 is 0. The van der Waals surface area contributed by atoms with Crippen LogP contribution in [0.5, 0.6) is 0 Å². The van der Waals surface area contributed by atoms with E-state index in [1.165, 1.54) is 5.32 Å². The Morgan fingerprint density at radius 1 is 1.06 bits per heavy atom. The predicted octanol–water partition coefficient (Wildman–Crippen LogP) is 1.02. The molecule has 0 bridgehead atoms. The highest BCUT2D eigenvalue weighted by Crippen LogP contribution is 2.11. The van der Waals surface area contributed by atoms with E-state index in [2.05, 4.69) is 0 Å². The fraction of sp³-hybridized carbons (Fsp3) is 0.667. The summed E-state index contributed by atoms with van der Waals surface area (Å²) in [6.07, 6.45) is -4.26. The summed E-state index contributed by atoms with van der Waals surface area (Å²) < 4.78 is 35.1. The summed E-state index contributed by atoms with van der Waals surface area (Å²) in [5.41, 5.74) is 0. The SMILES string of the molecule is O=C(O)CCCCC(=O)NC(=O)NCC(F)(F)F. The maximum atomic E-state index is 11.7. The zero-order valence-electron chi connectivity index (χ0n) is 9.34. The summed E-state index contributed by atoms with van der Waals surface area (Å²) in [6.45, 7) is -1.52. The van der Waals surface area contributed by atoms with Crippen molar-refractivity contribution < 1.29 is 32.7 Å². The molecule has 0 aromatic rings. The number of aliphatic carboxylic acids is 1. The first-order chi connectivity index (χ1) is 8.20. The van der Waals surface area contributed by atoms with Gasteiger partial charge in [0.05, 0.1) is 0 Å². The van der Waals surface area contributed by atoms with Gasteiger partial charge in [-0.2, -0.15) is 13.2 Å². The maximum Gasteiger partial charge on any atom is 0.405 e. The fourth-order valence-electron chi connectivity index (χ4n) is 0.976. The lowest BCUT2D eigenvalue weighted by atomic mass is 10.2. The van der Waals surface area contributed by atoms with E-state index in [1.54, 1.807) is 5.32 Å². The normalized spacial score (nSPS) is 10.8. The van der Waals surface area contributed by atoms with Crippen LogP contribution in [0.4, 0.5) is 18.0 Å². The Labute approximate surface area is 101 Å². The second kappa shape index (κ2) is 7.51. The first-order valence-electron chi connectivity index (χ1n) is 5.07. The van der Waals surface area contributed by atoms with Crippen LogP contribution < -0.4 is 10.6 Å². The van der Waals surface area contributed by atoms with Crippen molar-refractivity contribution in [2.75, 3.05) is 6.54 Å². The summed E-state index contributed by atoms with van der Waals surface area (Å²) in [6, 6.07) is -1.23. The Hall–Kier alpha value is -1.80. The number of unbranched alkanes of at least 4 members (excludes halogenated alkanes) is 1. The van der Waals surface area contributed by atoms with Gasteiger partial charge in [-0.25, -0.2) is 4.79 Å². The molecule has 0 aliphatic carbocycles. The van der Waals surface area contributed by atoms with Gasteiger partial charge in [-0.05, 0) is 12.8 Å². The molecule has 0 radical (unpaired) electrons. The molecule has 0 spiro atoms. The lowest BCUT2D eigenvalue weighted by Crippen LogP contribution is -2.43. The lowest BCUT2D eigenvalue weighted by molar-refractivity contribution is -0.137. The largest absolute Gasteiger partial charge is 0.481 e. The zero-order valence-corrected chi connectivity index (χ0v) is 9.34. The number of amides is 3. The molecule has 0 heterocycles. The quantitative estimate of drug-likeness (QED) is 0.628. The first kappa shape index (κ1) is 16.2. The number of carboxylic acid groups (broad SMARTS) is 1. The lowest BCUT2D eigenvalue weighted by Gasteiger charge is -2.08. The summed E-state index contributed by atoms with van der Waals surface area (Å²) in [5.74, 6) is -1.75. The van der Waals surface area contributed by atoms with Crippen molar-refractivity contribution in [3.8, 4) is 0 Å². The molecular formula is C9H13F3N2O4. The Kier molecular flexibility index (Phi) is 6.76. The van der Waals surface area contributed by atoms with E-state index in [-0.39, 0.29) is 25.7 Å². The minimum absolute atomic E-state index is 0.104. The summed E-state index contributed by atoms with van der Waals surface area (Å²) in [7, 11) is 0. The number of carbonyl (C=O) groups is 3. The van der Waals surface area contributed by atoms with Crippen LogP contribution in [0, 0.1) is 0 Å². The number of carboxylic acids is 1. The maximum absolute atomic E-state index is 11.7. The Balaban J connectivity index is 3.68. The van der Waals surface area contributed by atoms with Crippen molar-refractivity contribution in [3.63, 3.8) is 0 Å². The van der Waals surface area contributed by atoms with Crippen molar-refractivity contribution in [1.82, 2.24) is 10.6 Å². The number of urea groups is 1. The van der Waals surface area contributed by atoms with E-state index < -0.39 is 30.6 Å². The van der Waals surface area contributed by atoms with Crippen molar-refractivity contribution in [2.45, 2.75) is 31.9 Å². The minimum atomic E-state index is -4.54. The molecule has 0 unspecified atom stereocenters. The predicted molar refractivity (Wildman–Crippen MR) is 53.7 cm³/mol. The second-order valence-corrected chi connectivity index (χ2v) is 3.45. The van der Waals surface area contributed by atoms with Crippen LogP contribution in [-0.4, -0.2) is 35.7 Å². The molecule has 104 valence electrons. The Morgan fingerprint density at radius 2 is 1.61 bits per heavy atom. The highest BCUT2D eigenvalue weighted by atomic mass is 19.4. The Bertz CT molecular complexity index is 317. The third kappa shape index (κ3) is 10.7. The highest BCUT2D eigenvalue weighted by Gasteiger charge is 2.27. The van der Waals surface area contributed by atoms with Crippen LogP contribution in [0.25, 0.3) is 0 Å². The molecule has 0 saturated heterocycles. The number of carbonyl (C=O) groups excluding carboxylic acids is 2. The van der Waals surface area contributed by atoms with Gasteiger partial charge in [-0.1, -0.05) is 0 Å². The topological polar surface area (TPSA) is 95.5 Å². The number of halogens is 3. The molecule has 0 aromatic heterocycles. The molecule has 0 atom stereocenters. The molecule has 0 aliphatic heterocycles. The van der Waals surface area contributed by atoms with E-state index in [0.717, 1.165) is 0 Å². The van der Waals surface area contributed by atoms with E-state index in [1.807, 2.05) is 0 Å². The molecule has 0 rings (SSSR count). The van der Waals surface area contributed by atoms with Crippen molar-refractivity contribution in [3.05, 3.63) is 0 Å². The van der Waals surface area contributed by atoms with Crippen LogP contribution in [0.15, 0.2) is 0 Å². The van der Waals surface area contributed by atoms with Gasteiger partial charge in [-0.15, -0.1) is 0 Å². The third-order valence-corrected chi connectivity index (χ3v) is 1.75. The van der Waals surface area contributed by atoms with Crippen LogP contribution in [-0.2, 0) is 9.59 Å². The molecule has 0 fully saturated rings. The van der Waals surface area contributed by atoms with Crippen LogP contribution in [0.1, 0.15) is 25.7 Å². The molecule has 3 amide bonds.